The summed E-state index contributed by atoms with van der Waals surface area (Å²) in [5.74, 6) is -2.62. The highest BCUT2D eigenvalue weighted by Gasteiger charge is 2.48. The summed E-state index contributed by atoms with van der Waals surface area (Å²) >= 11 is 0. The molecule has 5 nitrogen and oxygen atoms in total. The van der Waals surface area contributed by atoms with Crippen LogP contribution in [0.15, 0.2) is 59.5 Å². The number of aromatic nitrogens is 2. The molecule has 0 aliphatic carbocycles. The molecule has 2 aliphatic rings. The van der Waals surface area contributed by atoms with Gasteiger partial charge in [0.15, 0.2) is 11.6 Å². The van der Waals surface area contributed by atoms with Gasteiger partial charge in [-0.1, -0.05) is 49.4 Å². The number of fused-ring (bicyclic) bond motifs is 2. The van der Waals surface area contributed by atoms with E-state index in [2.05, 4.69) is 5.10 Å². The molecule has 1 aromatic heterocycles. The Balaban J connectivity index is 1.81. The minimum absolute atomic E-state index is 0.211. The third-order valence-electron chi connectivity index (χ3n) is 6.72. The van der Waals surface area contributed by atoms with Crippen molar-refractivity contribution < 1.29 is 13.6 Å². The summed E-state index contributed by atoms with van der Waals surface area (Å²) in [5.41, 5.74) is 1.41. The van der Waals surface area contributed by atoms with Crippen molar-refractivity contribution in [1.29, 1.82) is 0 Å². The number of rotatable bonds is 4. The smallest absolute Gasteiger partial charge is 0.272 e. The monoisotopic (exact) mass is 435 g/mol. The summed E-state index contributed by atoms with van der Waals surface area (Å²) in [7, 11) is 0. The predicted octanol–water partition coefficient (Wildman–Crippen LogP) is 4.08. The van der Waals surface area contributed by atoms with Gasteiger partial charge in [0.25, 0.3) is 5.91 Å². The lowest BCUT2D eigenvalue weighted by Crippen LogP contribution is -2.51. The van der Waals surface area contributed by atoms with Crippen LogP contribution in [0.3, 0.4) is 0 Å². The van der Waals surface area contributed by atoms with E-state index < -0.39 is 23.6 Å². The fourth-order valence-electron chi connectivity index (χ4n) is 5.34. The molecule has 0 saturated carbocycles. The van der Waals surface area contributed by atoms with Crippen LogP contribution in [0.25, 0.3) is 0 Å². The van der Waals surface area contributed by atoms with Gasteiger partial charge in [0.1, 0.15) is 5.69 Å². The van der Waals surface area contributed by atoms with E-state index in [1.54, 1.807) is 15.6 Å². The summed E-state index contributed by atoms with van der Waals surface area (Å²) < 4.78 is 31.1. The van der Waals surface area contributed by atoms with Gasteiger partial charge in [-0.3, -0.25) is 14.3 Å². The first-order valence-electron chi connectivity index (χ1n) is 10.9. The van der Waals surface area contributed by atoms with Crippen molar-refractivity contribution in [1.82, 2.24) is 14.7 Å². The fourth-order valence-corrected chi connectivity index (χ4v) is 5.34. The number of amides is 1. The molecule has 2 aliphatic heterocycles. The van der Waals surface area contributed by atoms with Crippen molar-refractivity contribution in [3.63, 3.8) is 0 Å². The Bertz CT molecular complexity index is 1240. The lowest BCUT2D eigenvalue weighted by Gasteiger charge is -2.43. The summed E-state index contributed by atoms with van der Waals surface area (Å²) in [5, 5.41) is 4.38. The molecule has 3 heterocycles. The maximum absolute atomic E-state index is 15.2. The molecule has 0 radical (unpaired) electrons. The highest BCUT2D eigenvalue weighted by molar-refractivity contribution is 5.95. The zero-order chi connectivity index (χ0) is 22.4. The quantitative estimate of drug-likeness (QED) is 0.621. The maximum Gasteiger partial charge on any atom is 0.272 e. The third kappa shape index (κ3) is 3.06. The normalized spacial score (nSPS) is 20.7. The highest BCUT2D eigenvalue weighted by atomic mass is 19.2. The Morgan fingerprint density at radius 3 is 2.62 bits per heavy atom. The van der Waals surface area contributed by atoms with Crippen LogP contribution in [0.4, 0.5) is 8.78 Å². The van der Waals surface area contributed by atoms with Crippen molar-refractivity contribution in [2.45, 2.75) is 44.2 Å². The summed E-state index contributed by atoms with van der Waals surface area (Å²) in [4.78, 5) is 27.7. The van der Waals surface area contributed by atoms with Gasteiger partial charge >= 0.3 is 0 Å². The van der Waals surface area contributed by atoms with Crippen LogP contribution in [-0.2, 0) is 6.42 Å². The summed E-state index contributed by atoms with van der Waals surface area (Å²) in [6.45, 7) is 2.40. The van der Waals surface area contributed by atoms with Crippen LogP contribution in [0, 0.1) is 11.6 Å². The fraction of sp³-hybridized carbons (Fsp3) is 0.320. The second-order valence-electron chi connectivity index (χ2n) is 8.36. The van der Waals surface area contributed by atoms with E-state index in [4.69, 9.17) is 0 Å². The number of carbonyl (C=O) groups is 1. The molecule has 0 unspecified atom stereocenters. The number of carbonyl (C=O) groups excluding carboxylic acids is 1. The number of hydrogen-bond acceptors (Lipinski definition) is 3. The SMILES string of the molecule is CCc1c2n(ncc1=O)[C@@H]([C@H](c1ccccc1)c1cccc(F)c1F)[C@H]1CCCN1C2=O. The summed E-state index contributed by atoms with van der Waals surface area (Å²) in [6, 6.07) is 12.8. The second-order valence-corrected chi connectivity index (χ2v) is 8.36. The molecule has 1 amide bonds. The second kappa shape index (κ2) is 7.97. The lowest BCUT2D eigenvalue weighted by atomic mass is 9.79. The molecule has 3 atom stereocenters. The average molecular weight is 435 g/mol. The highest BCUT2D eigenvalue weighted by Crippen LogP contribution is 2.45. The first-order valence-corrected chi connectivity index (χ1v) is 10.9. The predicted molar refractivity (Wildman–Crippen MR) is 116 cm³/mol. The molecule has 32 heavy (non-hydrogen) atoms. The average Bonchev–Trinajstić information content (AvgIpc) is 3.30. The Morgan fingerprint density at radius 2 is 1.88 bits per heavy atom. The van der Waals surface area contributed by atoms with E-state index in [0.29, 0.717) is 18.5 Å². The van der Waals surface area contributed by atoms with E-state index >= 15 is 4.39 Å². The van der Waals surface area contributed by atoms with Gasteiger partial charge in [-0.25, -0.2) is 8.78 Å². The molecule has 0 bridgehead atoms. The van der Waals surface area contributed by atoms with E-state index in [9.17, 15) is 14.0 Å². The molecular weight excluding hydrogens is 412 g/mol. The Hall–Kier alpha value is -3.35. The topological polar surface area (TPSA) is 55.2 Å². The molecule has 5 rings (SSSR count). The first-order chi connectivity index (χ1) is 15.5. The van der Waals surface area contributed by atoms with Crippen molar-refractivity contribution in [3.05, 3.63) is 99.0 Å². The molecule has 3 aromatic rings. The zero-order valence-corrected chi connectivity index (χ0v) is 17.7. The number of halogens is 2. The van der Waals surface area contributed by atoms with Crippen LogP contribution < -0.4 is 5.43 Å². The van der Waals surface area contributed by atoms with E-state index in [0.717, 1.165) is 24.5 Å². The van der Waals surface area contributed by atoms with E-state index in [1.165, 1.54) is 12.3 Å². The van der Waals surface area contributed by atoms with Gasteiger partial charge in [-0.2, -0.15) is 5.10 Å². The van der Waals surface area contributed by atoms with Gasteiger partial charge in [0, 0.05) is 23.6 Å². The largest absolute Gasteiger partial charge is 0.332 e. The molecule has 1 saturated heterocycles. The Morgan fingerprint density at radius 1 is 1.09 bits per heavy atom. The van der Waals surface area contributed by atoms with Crippen LogP contribution >= 0.6 is 0 Å². The van der Waals surface area contributed by atoms with Gasteiger partial charge in [-0.15, -0.1) is 0 Å². The van der Waals surface area contributed by atoms with Gasteiger partial charge in [0.2, 0.25) is 5.43 Å². The van der Waals surface area contributed by atoms with Crippen molar-refractivity contribution in [3.8, 4) is 0 Å². The molecule has 0 spiro atoms. The molecular formula is C25H23F2N3O2. The van der Waals surface area contributed by atoms with E-state index in [-0.39, 0.29) is 28.6 Å². The van der Waals surface area contributed by atoms with Crippen molar-refractivity contribution in [2.24, 2.45) is 0 Å². The van der Waals surface area contributed by atoms with E-state index in [1.807, 2.05) is 37.3 Å². The number of nitrogens with zero attached hydrogens (tertiary/aromatic N) is 3. The number of hydrogen-bond donors (Lipinski definition) is 0. The van der Waals surface area contributed by atoms with Gasteiger partial charge in [-0.05, 0) is 30.9 Å². The van der Waals surface area contributed by atoms with Gasteiger partial charge < -0.3 is 4.90 Å². The Kier molecular flexibility index (Phi) is 5.12. The molecule has 2 aromatic carbocycles. The summed E-state index contributed by atoms with van der Waals surface area (Å²) in [6.07, 6.45) is 3.15. The molecule has 7 heteroatoms. The molecule has 0 N–H and O–H groups in total. The van der Waals surface area contributed by atoms with Crippen LogP contribution in [-0.4, -0.2) is 33.2 Å². The first kappa shape index (κ1) is 20.5. The minimum Gasteiger partial charge on any atom is -0.332 e. The van der Waals surface area contributed by atoms with Gasteiger partial charge in [0.05, 0.1) is 18.3 Å². The van der Waals surface area contributed by atoms with Crippen LogP contribution in [0.2, 0.25) is 0 Å². The maximum atomic E-state index is 15.2. The lowest BCUT2D eigenvalue weighted by molar-refractivity contribution is 0.0569. The van der Waals surface area contributed by atoms with Crippen LogP contribution in [0.1, 0.15) is 58.9 Å². The van der Waals surface area contributed by atoms with Crippen molar-refractivity contribution >= 4 is 5.91 Å². The van der Waals surface area contributed by atoms with Crippen LogP contribution in [0.5, 0.6) is 0 Å². The molecule has 1 fully saturated rings. The zero-order valence-electron chi connectivity index (χ0n) is 17.7. The minimum atomic E-state index is -0.916. The number of benzene rings is 2. The van der Waals surface area contributed by atoms with Crippen molar-refractivity contribution in [2.75, 3.05) is 6.54 Å². The standard InChI is InChI=1S/C25H23F2N3O2/c1-2-16-20(31)14-28-30-23(16)25(32)29-13-7-12-19(29)24(30)21(15-8-4-3-5-9-15)17-10-6-11-18(26)22(17)27/h3-6,8-11,14,19,21,24H,2,7,12-13H2,1H3/t19-,21-,24-/m1/s1. The molecule has 164 valence electrons. The third-order valence-corrected chi connectivity index (χ3v) is 6.72. The Labute approximate surface area is 184 Å².